The average Bonchev–Trinajstić information content (AvgIpc) is 3.33. The number of rotatable bonds is 7. The Morgan fingerprint density at radius 2 is 2.06 bits per heavy atom. The maximum atomic E-state index is 14.3. The largest absolute Gasteiger partial charge is 0.491 e. The van der Waals surface area contributed by atoms with E-state index in [9.17, 15) is 9.18 Å². The van der Waals surface area contributed by atoms with Gasteiger partial charge in [0.1, 0.15) is 23.9 Å². The maximum Gasteiger partial charge on any atom is 0.276 e. The third-order valence-corrected chi connectivity index (χ3v) is 5.51. The van der Waals surface area contributed by atoms with Crippen LogP contribution in [0.3, 0.4) is 0 Å². The van der Waals surface area contributed by atoms with E-state index in [0.29, 0.717) is 34.4 Å². The van der Waals surface area contributed by atoms with E-state index in [1.54, 1.807) is 41.1 Å². The van der Waals surface area contributed by atoms with Gasteiger partial charge in [-0.05, 0) is 63.7 Å². The summed E-state index contributed by atoms with van der Waals surface area (Å²) in [5, 5.41) is 7.73. The topological polar surface area (TPSA) is 59.4 Å². The van der Waals surface area contributed by atoms with Crippen molar-refractivity contribution >= 4 is 23.2 Å². The van der Waals surface area contributed by atoms with Gasteiger partial charge in [-0.1, -0.05) is 23.7 Å². The first-order valence-corrected chi connectivity index (χ1v) is 10.6. The average molecular weight is 443 g/mol. The van der Waals surface area contributed by atoms with E-state index in [2.05, 4.69) is 10.4 Å². The third-order valence-electron chi connectivity index (χ3n) is 5.21. The molecule has 0 spiro atoms. The van der Waals surface area contributed by atoms with E-state index in [1.807, 2.05) is 19.0 Å². The van der Waals surface area contributed by atoms with Gasteiger partial charge < -0.3 is 15.0 Å². The van der Waals surface area contributed by atoms with Gasteiger partial charge in [-0.15, -0.1) is 0 Å². The first kappa shape index (κ1) is 21.3. The molecule has 0 saturated carbocycles. The molecule has 0 bridgehead atoms. The van der Waals surface area contributed by atoms with Crippen LogP contribution in [-0.4, -0.2) is 47.8 Å². The van der Waals surface area contributed by atoms with Crippen molar-refractivity contribution in [2.24, 2.45) is 0 Å². The molecular weight excluding hydrogens is 419 g/mol. The Labute approximate surface area is 185 Å². The van der Waals surface area contributed by atoms with Gasteiger partial charge >= 0.3 is 0 Å². The van der Waals surface area contributed by atoms with Gasteiger partial charge in [0, 0.05) is 23.5 Å². The molecule has 2 aromatic carbocycles. The number of halogens is 2. The van der Waals surface area contributed by atoms with Crippen LogP contribution >= 0.6 is 11.6 Å². The standard InChI is InChI=1S/C23H24ClFN4O2/c1-28(2)12-13-31-21-11-10-15(14-17(21)24)26-23(30)22-16-6-5-9-19(16)29(27-22)20-8-4-3-7-18(20)25/h3-4,7-8,10-11,14H,5-6,9,12-13H2,1-2H3,(H,26,30). The normalized spacial score (nSPS) is 12.8. The van der Waals surface area contributed by atoms with E-state index >= 15 is 0 Å². The summed E-state index contributed by atoms with van der Waals surface area (Å²) in [6.45, 7) is 1.28. The van der Waals surface area contributed by atoms with Crippen molar-refractivity contribution < 1.29 is 13.9 Å². The lowest BCUT2D eigenvalue weighted by Crippen LogP contribution is -2.19. The number of para-hydroxylation sites is 1. The van der Waals surface area contributed by atoms with Gasteiger partial charge in [0.2, 0.25) is 0 Å². The third kappa shape index (κ3) is 4.57. The molecule has 1 aliphatic carbocycles. The summed E-state index contributed by atoms with van der Waals surface area (Å²) < 4.78 is 21.6. The number of carbonyl (C=O) groups excluding carboxylic acids is 1. The molecule has 162 valence electrons. The number of aromatic nitrogens is 2. The molecule has 1 aromatic heterocycles. The zero-order chi connectivity index (χ0) is 22.0. The van der Waals surface area contributed by atoms with Gasteiger partial charge in [-0.3, -0.25) is 4.79 Å². The minimum atomic E-state index is -0.372. The van der Waals surface area contributed by atoms with Crippen molar-refractivity contribution in [3.8, 4) is 11.4 Å². The summed E-state index contributed by atoms with van der Waals surface area (Å²) in [7, 11) is 3.93. The molecule has 4 rings (SSSR count). The fourth-order valence-corrected chi connectivity index (χ4v) is 3.90. The lowest BCUT2D eigenvalue weighted by molar-refractivity contribution is 0.102. The van der Waals surface area contributed by atoms with Gasteiger partial charge in [-0.25, -0.2) is 9.07 Å². The molecule has 0 atom stereocenters. The predicted molar refractivity (Wildman–Crippen MR) is 119 cm³/mol. The van der Waals surface area contributed by atoms with E-state index in [-0.39, 0.29) is 11.7 Å². The Kier molecular flexibility index (Phi) is 6.25. The summed E-state index contributed by atoms with van der Waals surface area (Å²) in [5.41, 5.74) is 2.97. The second-order valence-electron chi connectivity index (χ2n) is 7.74. The number of ether oxygens (including phenoxy) is 1. The van der Waals surface area contributed by atoms with Crippen molar-refractivity contribution in [2.75, 3.05) is 32.6 Å². The monoisotopic (exact) mass is 442 g/mol. The second kappa shape index (κ2) is 9.08. The number of anilines is 1. The van der Waals surface area contributed by atoms with Crippen LogP contribution in [0, 0.1) is 5.82 Å². The number of likely N-dealkylation sites (N-methyl/N-ethyl adjacent to an activating group) is 1. The van der Waals surface area contributed by atoms with Gasteiger partial charge in [0.25, 0.3) is 5.91 Å². The first-order valence-electron chi connectivity index (χ1n) is 10.2. The molecule has 0 radical (unpaired) electrons. The smallest absolute Gasteiger partial charge is 0.276 e. The maximum absolute atomic E-state index is 14.3. The summed E-state index contributed by atoms with van der Waals surface area (Å²) >= 11 is 6.32. The molecule has 6 nitrogen and oxygen atoms in total. The molecule has 0 saturated heterocycles. The number of nitrogens with one attached hydrogen (secondary N) is 1. The minimum absolute atomic E-state index is 0.318. The highest BCUT2D eigenvalue weighted by Crippen LogP contribution is 2.31. The Morgan fingerprint density at radius 3 is 2.81 bits per heavy atom. The molecule has 8 heteroatoms. The van der Waals surface area contributed by atoms with Gasteiger partial charge in [0.15, 0.2) is 5.69 Å². The molecule has 1 aliphatic rings. The van der Waals surface area contributed by atoms with E-state index in [0.717, 1.165) is 37.1 Å². The Hall–Kier alpha value is -2.90. The van der Waals surface area contributed by atoms with Crippen LogP contribution < -0.4 is 10.1 Å². The Morgan fingerprint density at radius 1 is 1.26 bits per heavy atom. The molecule has 1 heterocycles. The zero-order valence-corrected chi connectivity index (χ0v) is 18.2. The van der Waals surface area contributed by atoms with Crippen LogP contribution in [0.15, 0.2) is 42.5 Å². The highest BCUT2D eigenvalue weighted by molar-refractivity contribution is 6.32. The number of nitrogens with zero attached hydrogens (tertiary/aromatic N) is 3. The number of hydrogen-bond donors (Lipinski definition) is 1. The number of benzene rings is 2. The number of carbonyl (C=O) groups is 1. The summed E-state index contributed by atoms with van der Waals surface area (Å²) in [4.78, 5) is 15.0. The van der Waals surface area contributed by atoms with Crippen LogP contribution in [0.1, 0.15) is 28.2 Å². The molecular formula is C23H24ClFN4O2. The van der Waals surface area contributed by atoms with Gasteiger partial charge in [0.05, 0.1) is 5.02 Å². The van der Waals surface area contributed by atoms with Crippen molar-refractivity contribution in [3.05, 3.63) is 70.3 Å². The van der Waals surface area contributed by atoms with E-state index in [4.69, 9.17) is 16.3 Å². The first-order chi connectivity index (χ1) is 14.9. The molecule has 0 unspecified atom stereocenters. The summed E-state index contributed by atoms with van der Waals surface area (Å²) in [6.07, 6.45) is 2.41. The molecule has 0 fully saturated rings. The van der Waals surface area contributed by atoms with E-state index < -0.39 is 0 Å². The Balaban J connectivity index is 1.54. The summed E-state index contributed by atoms with van der Waals surface area (Å²) in [6, 6.07) is 11.6. The number of hydrogen-bond acceptors (Lipinski definition) is 4. The molecule has 3 aromatic rings. The van der Waals surface area contributed by atoms with Crippen LogP contribution in [0.2, 0.25) is 5.02 Å². The molecule has 1 N–H and O–H groups in total. The lowest BCUT2D eigenvalue weighted by atomic mass is 10.2. The van der Waals surface area contributed by atoms with Crippen LogP contribution in [0.5, 0.6) is 5.75 Å². The number of amides is 1. The van der Waals surface area contributed by atoms with Crippen molar-refractivity contribution in [1.82, 2.24) is 14.7 Å². The predicted octanol–water partition coefficient (Wildman–Crippen LogP) is 4.35. The lowest BCUT2D eigenvalue weighted by Gasteiger charge is -2.13. The molecule has 31 heavy (non-hydrogen) atoms. The minimum Gasteiger partial charge on any atom is -0.491 e. The fourth-order valence-electron chi connectivity index (χ4n) is 3.67. The van der Waals surface area contributed by atoms with Crippen LogP contribution in [-0.2, 0) is 12.8 Å². The highest BCUT2D eigenvalue weighted by Gasteiger charge is 2.28. The van der Waals surface area contributed by atoms with Crippen molar-refractivity contribution in [2.45, 2.75) is 19.3 Å². The van der Waals surface area contributed by atoms with Crippen molar-refractivity contribution in [3.63, 3.8) is 0 Å². The second-order valence-corrected chi connectivity index (χ2v) is 8.15. The zero-order valence-electron chi connectivity index (χ0n) is 17.5. The SMILES string of the molecule is CN(C)CCOc1ccc(NC(=O)c2nn(-c3ccccc3F)c3c2CCC3)cc1Cl. The van der Waals surface area contributed by atoms with Crippen molar-refractivity contribution in [1.29, 1.82) is 0 Å². The highest BCUT2D eigenvalue weighted by atomic mass is 35.5. The van der Waals surface area contributed by atoms with E-state index in [1.165, 1.54) is 6.07 Å². The Bertz CT molecular complexity index is 1110. The quantitative estimate of drug-likeness (QED) is 0.591. The van der Waals surface area contributed by atoms with Crippen LogP contribution in [0.25, 0.3) is 5.69 Å². The number of fused-ring (bicyclic) bond motifs is 1. The molecule has 1 amide bonds. The van der Waals surface area contributed by atoms with Gasteiger partial charge in [-0.2, -0.15) is 5.10 Å². The fraction of sp³-hybridized carbons (Fsp3) is 0.304. The summed E-state index contributed by atoms with van der Waals surface area (Å²) in [5.74, 6) is -0.153. The van der Waals surface area contributed by atoms with Crippen LogP contribution in [0.4, 0.5) is 10.1 Å². The molecule has 0 aliphatic heterocycles.